The number of aromatic nitrogens is 1. The van der Waals surface area contributed by atoms with Crippen LogP contribution in [0.1, 0.15) is 35.5 Å². The first kappa shape index (κ1) is 14.4. The van der Waals surface area contributed by atoms with E-state index < -0.39 is 17.8 Å². The van der Waals surface area contributed by atoms with Crippen molar-refractivity contribution in [2.45, 2.75) is 26.9 Å². The maximum Gasteiger partial charge on any atom is 0.433 e. The second-order valence-electron chi connectivity index (χ2n) is 2.69. The van der Waals surface area contributed by atoms with Gasteiger partial charge in [0.15, 0.2) is 0 Å². The molecule has 0 aliphatic carbocycles. The molecule has 3 nitrogen and oxygen atoms in total. The molecular formula is C10H12F3NO2. The number of carboxylic acids is 1. The topological polar surface area (TPSA) is 50.2 Å². The van der Waals surface area contributed by atoms with Gasteiger partial charge in [-0.05, 0) is 18.6 Å². The first-order valence-electron chi connectivity index (χ1n) is 4.59. The highest BCUT2D eigenvalue weighted by Gasteiger charge is 2.32. The molecule has 0 aliphatic heterocycles. The molecule has 0 bridgehead atoms. The standard InChI is InChI=1S/C8H6F3NO2.C2H6/c1-4-2-6(8(9,10)11)12-3-5(4)7(13)14;1-2/h2-3H,1H3,(H,13,14);1-2H3. The molecule has 90 valence electrons. The van der Waals surface area contributed by atoms with Crippen LogP contribution in [0.3, 0.4) is 0 Å². The molecule has 0 saturated heterocycles. The van der Waals surface area contributed by atoms with Crippen molar-refractivity contribution in [3.05, 3.63) is 29.1 Å². The average Bonchev–Trinajstić information content (AvgIpc) is 2.18. The lowest BCUT2D eigenvalue weighted by Crippen LogP contribution is -2.10. The predicted octanol–water partition coefficient (Wildman–Crippen LogP) is 3.13. The lowest BCUT2D eigenvalue weighted by molar-refractivity contribution is -0.141. The van der Waals surface area contributed by atoms with Gasteiger partial charge >= 0.3 is 12.1 Å². The van der Waals surface area contributed by atoms with E-state index in [1.54, 1.807) is 0 Å². The molecule has 0 radical (unpaired) electrons. The van der Waals surface area contributed by atoms with Gasteiger partial charge in [0.05, 0.1) is 5.56 Å². The van der Waals surface area contributed by atoms with Crippen molar-refractivity contribution in [1.29, 1.82) is 0 Å². The monoisotopic (exact) mass is 235 g/mol. The summed E-state index contributed by atoms with van der Waals surface area (Å²) in [5.74, 6) is -1.29. The Morgan fingerprint density at radius 3 is 2.19 bits per heavy atom. The minimum absolute atomic E-state index is 0.0415. The number of halogens is 3. The van der Waals surface area contributed by atoms with E-state index in [9.17, 15) is 18.0 Å². The second kappa shape index (κ2) is 5.48. The largest absolute Gasteiger partial charge is 0.478 e. The number of alkyl halides is 3. The molecule has 0 fully saturated rings. The minimum Gasteiger partial charge on any atom is -0.478 e. The van der Waals surface area contributed by atoms with Gasteiger partial charge in [-0.2, -0.15) is 13.2 Å². The first-order valence-corrected chi connectivity index (χ1v) is 4.59. The van der Waals surface area contributed by atoms with E-state index in [1.807, 2.05) is 13.8 Å². The molecule has 0 amide bonds. The summed E-state index contributed by atoms with van der Waals surface area (Å²) in [5, 5.41) is 8.54. The molecular weight excluding hydrogens is 223 g/mol. The summed E-state index contributed by atoms with van der Waals surface area (Å²) >= 11 is 0. The third-order valence-corrected chi connectivity index (χ3v) is 1.63. The molecule has 1 aromatic heterocycles. The number of hydrogen-bond donors (Lipinski definition) is 1. The fourth-order valence-corrected chi connectivity index (χ4v) is 0.935. The van der Waals surface area contributed by atoms with Crippen LogP contribution in [0.25, 0.3) is 0 Å². The maximum absolute atomic E-state index is 12.1. The second-order valence-corrected chi connectivity index (χ2v) is 2.69. The summed E-state index contributed by atoms with van der Waals surface area (Å²) in [5.41, 5.74) is -1.27. The summed E-state index contributed by atoms with van der Waals surface area (Å²) in [6.45, 7) is 5.29. The highest BCUT2D eigenvalue weighted by atomic mass is 19.4. The average molecular weight is 235 g/mol. The molecule has 1 N–H and O–H groups in total. The highest BCUT2D eigenvalue weighted by Crippen LogP contribution is 2.28. The van der Waals surface area contributed by atoms with Gasteiger partial charge in [-0.25, -0.2) is 4.79 Å². The maximum atomic E-state index is 12.1. The number of nitrogens with zero attached hydrogens (tertiary/aromatic N) is 1. The molecule has 0 aliphatic rings. The molecule has 0 aromatic carbocycles. The van der Waals surface area contributed by atoms with Gasteiger partial charge < -0.3 is 5.11 Å². The molecule has 1 heterocycles. The third kappa shape index (κ3) is 3.52. The molecule has 1 aromatic rings. The van der Waals surface area contributed by atoms with Crippen LogP contribution in [0.4, 0.5) is 13.2 Å². The molecule has 6 heteroatoms. The van der Waals surface area contributed by atoms with Crippen molar-refractivity contribution in [3.63, 3.8) is 0 Å². The zero-order valence-electron chi connectivity index (χ0n) is 9.09. The minimum atomic E-state index is -4.54. The fourth-order valence-electron chi connectivity index (χ4n) is 0.935. The predicted molar refractivity (Wildman–Crippen MR) is 52.3 cm³/mol. The van der Waals surface area contributed by atoms with Gasteiger partial charge in [-0.1, -0.05) is 13.8 Å². The number of carboxylic acid groups (broad SMARTS) is 1. The summed E-state index contributed by atoms with van der Waals surface area (Å²) in [7, 11) is 0. The fraction of sp³-hybridized carbons (Fsp3) is 0.400. The van der Waals surface area contributed by atoms with Crippen LogP contribution in [0.2, 0.25) is 0 Å². The Labute approximate surface area is 90.9 Å². The highest BCUT2D eigenvalue weighted by molar-refractivity contribution is 5.88. The van der Waals surface area contributed by atoms with E-state index in [1.165, 1.54) is 6.92 Å². The van der Waals surface area contributed by atoms with E-state index in [4.69, 9.17) is 5.11 Å². The van der Waals surface area contributed by atoms with Crippen molar-refractivity contribution in [2.75, 3.05) is 0 Å². The Balaban J connectivity index is 0.00000106. The number of aryl methyl sites for hydroxylation is 1. The van der Waals surface area contributed by atoms with E-state index in [0.717, 1.165) is 0 Å². The Kier molecular flexibility index (Phi) is 4.94. The van der Waals surface area contributed by atoms with E-state index >= 15 is 0 Å². The first-order chi connectivity index (χ1) is 7.32. The number of carbonyl (C=O) groups is 1. The molecule has 0 unspecified atom stereocenters. The quantitative estimate of drug-likeness (QED) is 0.813. The SMILES string of the molecule is CC.Cc1cc(C(F)(F)F)ncc1C(=O)O. The third-order valence-electron chi connectivity index (χ3n) is 1.63. The smallest absolute Gasteiger partial charge is 0.433 e. The molecule has 1 rings (SSSR count). The van der Waals surface area contributed by atoms with Crippen LogP contribution in [0.5, 0.6) is 0 Å². The molecule has 0 spiro atoms. The van der Waals surface area contributed by atoms with Crippen molar-refractivity contribution in [2.24, 2.45) is 0 Å². The van der Waals surface area contributed by atoms with Gasteiger partial charge in [0.1, 0.15) is 5.69 Å². The lowest BCUT2D eigenvalue weighted by Gasteiger charge is -2.07. The zero-order chi connectivity index (χ0) is 12.9. The van der Waals surface area contributed by atoms with E-state index in [0.29, 0.717) is 12.3 Å². The summed E-state index contributed by atoms with van der Waals surface area (Å²) < 4.78 is 36.3. The van der Waals surface area contributed by atoms with E-state index in [2.05, 4.69) is 4.98 Å². The lowest BCUT2D eigenvalue weighted by atomic mass is 10.1. The summed E-state index contributed by atoms with van der Waals surface area (Å²) in [6.07, 6.45) is -3.83. The summed E-state index contributed by atoms with van der Waals surface area (Å²) in [6, 6.07) is 0.712. The Hall–Kier alpha value is -1.59. The van der Waals surface area contributed by atoms with Crippen LogP contribution in [-0.2, 0) is 6.18 Å². The normalized spacial score (nSPS) is 10.4. The number of aromatic carboxylic acids is 1. The van der Waals surface area contributed by atoms with Crippen molar-refractivity contribution >= 4 is 5.97 Å². The van der Waals surface area contributed by atoms with Crippen LogP contribution in [-0.4, -0.2) is 16.1 Å². The van der Waals surface area contributed by atoms with Gasteiger partial charge in [0.25, 0.3) is 0 Å². The number of hydrogen-bond acceptors (Lipinski definition) is 2. The molecule has 0 atom stereocenters. The Morgan fingerprint density at radius 1 is 1.38 bits per heavy atom. The molecule has 16 heavy (non-hydrogen) atoms. The van der Waals surface area contributed by atoms with Crippen molar-refractivity contribution in [3.8, 4) is 0 Å². The van der Waals surface area contributed by atoms with Gasteiger partial charge in [0.2, 0.25) is 0 Å². The molecule has 0 saturated carbocycles. The van der Waals surface area contributed by atoms with Crippen LogP contribution in [0.15, 0.2) is 12.3 Å². The Morgan fingerprint density at radius 2 is 1.88 bits per heavy atom. The van der Waals surface area contributed by atoms with Gasteiger partial charge in [-0.15, -0.1) is 0 Å². The van der Waals surface area contributed by atoms with Crippen molar-refractivity contribution < 1.29 is 23.1 Å². The van der Waals surface area contributed by atoms with Crippen LogP contribution < -0.4 is 0 Å². The van der Waals surface area contributed by atoms with Crippen molar-refractivity contribution in [1.82, 2.24) is 4.98 Å². The summed E-state index contributed by atoms with van der Waals surface area (Å²) in [4.78, 5) is 13.5. The number of rotatable bonds is 1. The number of pyridine rings is 1. The van der Waals surface area contributed by atoms with E-state index in [-0.39, 0.29) is 11.1 Å². The van der Waals surface area contributed by atoms with Crippen LogP contribution in [0, 0.1) is 6.92 Å². The van der Waals surface area contributed by atoms with Crippen LogP contribution >= 0.6 is 0 Å². The van der Waals surface area contributed by atoms with Gasteiger partial charge in [-0.3, -0.25) is 4.98 Å². The van der Waals surface area contributed by atoms with Gasteiger partial charge in [0, 0.05) is 6.20 Å². The zero-order valence-corrected chi connectivity index (χ0v) is 9.09. The Bertz CT molecular complexity index is 375.